The topological polar surface area (TPSA) is 29.4 Å². The quantitative estimate of drug-likeness (QED) is 0.738. The van der Waals surface area contributed by atoms with Gasteiger partial charge in [-0.2, -0.15) is 0 Å². The van der Waals surface area contributed by atoms with E-state index in [1.807, 2.05) is 30.3 Å². The Morgan fingerprint density at radius 1 is 1.06 bits per heavy atom. The Labute approximate surface area is 107 Å². The molecule has 96 valence electrons. The molecular weight excluding hydrogens is 246 g/mol. The van der Waals surface area contributed by atoms with Crippen LogP contribution in [0.5, 0.6) is 0 Å². The van der Waals surface area contributed by atoms with Gasteiger partial charge in [0.1, 0.15) is 0 Å². The summed E-state index contributed by atoms with van der Waals surface area (Å²) in [6, 6.07) is 12.9. The lowest BCUT2D eigenvalue weighted by Gasteiger charge is -2.23. The fraction of sp³-hybridized carbons (Fsp3) is 0.538. The molecule has 0 aliphatic heterocycles. The summed E-state index contributed by atoms with van der Waals surface area (Å²) in [6.45, 7) is 6.55. The molecule has 1 atom stereocenters. The SMILES string of the molecule is CC[Si](CC)(CC)N=S(C)(=O)c1ccccc1. The van der Waals surface area contributed by atoms with Gasteiger partial charge in [0.15, 0.2) is 8.24 Å². The third-order valence-corrected chi connectivity index (χ3v) is 11.6. The Morgan fingerprint density at radius 2 is 1.53 bits per heavy atom. The second kappa shape index (κ2) is 5.82. The molecule has 1 aromatic carbocycles. The first-order chi connectivity index (χ1) is 7.99. The van der Waals surface area contributed by atoms with E-state index in [2.05, 4.69) is 20.8 Å². The van der Waals surface area contributed by atoms with Crippen molar-refractivity contribution < 1.29 is 4.21 Å². The Hall–Kier alpha value is -0.613. The van der Waals surface area contributed by atoms with Crippen LogP contribution in [0, 0.1) is 0 Å². The van der Waals surface area contributed by atoms with Crippen LogP contribution in [-0.4, -0.2) is 18.7 Å². The zero-order valence-corrected chi connectivity index (χ0v) is 13.1. The normalized spacial score (nSPS) is 15.3. The number of hydrogen-bond acceptors (Lipinski definition) is 2. The van der Waals surface area contributed by atoms with Gasteiger partial charge in [0, 0.05) is 11.2 Å². The second-order valence-corrected chi connectivity index (χ2v) is 11.9. The third kappa shape index (κ3) is 3.42. The van der Waals surface area contributed by atoms with Crippen LogP contribution in [0.2, 0.25) is 18.1 Å². The van der Waals surface area contributed by atoms with Crippen LogP contribution < -0.4 is 0 Å². The van der Waals surface area contributed by atoms with Gasteiger partial charge in [0.05, 0.1) is 9.73 Å². The van der Waals surface area contributed by atoms with Gasteiger partial charge in [0.25, 0.3) is 0 Å². The minimum absolute atomic E-state index is 0.868. The summed E-state index contributed by atoms with van der Waals surface area (Å²) >= 11 is 0. The van der Waals surface area contributed by atoms with Crippen molar-refractivity contribution >= 4 is 18.0 Å². The van der Waals surface area contributed by atoms with Crippen molar-refractivity contribution in [2.24, 2.45) is 4.03 Å². The lowest BCUT2D eigenvalue weighted by atomic mass is 10.4. The van der Waals surface area contributed by atoms with Gasteiger partial charge in [0.2, 0.25) is 0 Å². The van der Waals surface area contributed by atoms with E-state index in [1.165, 1.54) is 0 Å². The summed E-state index contributed by atoms with van der Waals surface area (Å²) in [4.78, 5) is 0.868. The zero-order valence-electron chi connectivity index (χ0n) is 11.3. The van der Waals surface area contributed by atoms with Crippen molar-refractivity contribution in [3.8, 4) is 0 Å². The first-order valence-electron chi connectivity index (χ1n) is 6.28. The van der Waals surface area contributed by atoms with Crippen molar-refractivity contribution in [3.05, 3.63) is 30.3 Å². The van der Waals surface area contributed by atoms with E-state index in [9.17, 15) is 4.21 Å². The summed E-state index contributed by atoms with van der Waals surface area (Å²) in [5.41, 5.74) is 0. The van der Waals surface area contributed by atoms with Crippen molar-refractivity contribution in [2.75, 3.05) is 6.26 Å². The largest absolute Gasteiger partial charge is 0.274 e. The van der Waals surface area contributed by atoms with Gasteiger partial charge in [-0.05, 0) is 30.3 Å². The highest BCUT2D eigenvalue weighted by molar-refractivity contribution is 7.93. The molecule has 0 saturated carbocycles. The minimum atomic E-state index is -2.22. The van der Waals surface area contributed by atoms with Crippen LogP contribution in [0.25, 0.3) is 0 Å². The molecule has 0 N–H and O–H groups in total. The van der Waals surface area contributed by atoms with Crippen LogP contribution >= 0.6 is 0 Å². The molecule has 0 aromatic heterocycles. The Balaban J connectivity index is 3.26. The highest BCUT2D eigenvalue weighted by Crippen LogP contribution is 2.25. The molecule has 17 heavy (non-hydrogen) atoms. The van der Waals surface area contributed by atoms with Crippen LogP contribution in [0.1, 0.15) is 20.8 Å². The molecule has 0 radical (unpaired) electrons. The molecule has 1 unspecified atom stereocenters. The first kappa shape index (κ1) is 14.4. The van der Waals surface area contributed by atoms with E-state index in [0.29, 0.717) is 0 Å². The van der Waals surface area contributed by atoms with Crippen LogP contribution in [-0.2, 0) is 9.73 Å². The molecule has 0 spiro atoms. The smallest absolute Gasteiger partial charge is 0.193 e. The molecule has 1 aromatic rings. The molecule has 2 nitrogen and oxygen atoms in total. The summed E-state index contributed by atoms with van der Waals surface area (Å²) in [7, 11) is -3.90. The second-order valence-electron chi connectivity index (χ2n) is 4.49. The highest BCUT2D eigenvalue weighted by atomic mass is 32.2. The summed E-state index contributed by atoms with van der Waals surface area (Å²) < 4.78 is 17.6. The van der Waals surface area contributed by atoms with E-state index in [0.717, 1.165) is 23.0 Å². The Bertz CT molecular complexity index is 451. The number of hydrogen-bond donors (Lipinski definition) is 0. The maximum Gasteiger partial charge on any atom is 0.193 e. The molecule has 0 aliphatic carbocycles. The van der Waals surface area contributed by atoms with Crippen LogP contribution in [0.3, 0.4) is 0 Å². The fourth-order valence-corrected chi connectivity index (χ4v) is 9.13. The van der Waals surface area contributed by atoms with Crippen LogP contribution in [0.4, 0.5) is 0 Å². The van der Waals surface area contributed by atoms with Gasteiger partial charge >= 0.3 is 0 Å². The Kier molecular flexibility index (Phi) is 4.95. The fourth-order valence-electron chi connectivity index (χ4n) is 2.04. The predicted octanol–water partition coefficient (Wildman–Crippen LogP) is 4.15. The summed E-state index contributed by atoms with van der Waals surface area (Å²) in [6.07, 6.45) is 1.78. The maximum absolute atomic E-state index is 12.7. The van der Waals surface area contributed by atoms with Gasteiger partial charge in [-0.1, -0.05) is 39.0 Å². The molecule has 0 amide bonds. The zero-order chi connectivity index (χ0) is 12.9. The van der Waals surface area contributed by atoms with E-state index < -0.39 is 18.0 Å². The Morgan fingerprint density at radius 3 is 1.94 bits per heavy atom. The van der Waals surface area contributed by atoms with Gasteiger partial charge in [-0.3, -0.25) is 4.03 Å². The van der Waals surface area contributed by atoms with E-state index in [1.54, 1.807) is 6.26 Å². The lowest BCUT2D eigenvalue weighted by Crippen LogP contribution is -2.30. The number of benzene rings is 1. The van der Waals surface area contributed by atoms with Crippen molar-refractivity contribution in [1.82, 2.24) is 0 Å². The maximum atomic E-state index is 12.7. The molecule has 1 rings (SSSR count). The van der Waals surface area contributed by atoms with Crippen LogP contribution in [0.15, 0.2) is 39.3 Å². The highest BCUT2D eigenvalue weighted by Gasteiger charge is 2.28. The number of nitrogens with zero attached hydrogens (tertiary/aromatic N) is 1. The monoisotopic (exact) mass is 269 g/mol. The standard InChI is InChI=1S/C13H23NOSSi/c1-5-17(6-2,7-3)14-16(4,15)13-11-9-8-10-12-13/h8-12H,5-7H2,1-4H3. The number of rotatable bonds is 5. The third-order valence-electron chi connectivity index (χ3n) is 3.52. The van der Waals surface area contributed by atoms with E-state index in [-0.39, 0.29) is 0 Å². The molecule has 0 fully saturated rings. The molecule has 0 bridgehead atoms. The molecule has 0 heterocycles. The van der Waals surface area contributed by atoms with Crippen molar-refractivity contribution in [3.63, 3.8) is 0 Å². The minimum Gasteiger partial charge on any atom is -0.274 e. The summed E-state index contributed by atoms with van der Waals surface area (Å²) in [5.74, 6) is 0. The van der Waals surface area contributed by atoms with Crippen molar-refractivity contribution in [1.29, 1.82) is 0 Å². The first-order valence-corrected chi connectivity index (χ1v) is 10.8. The van der Waals surface area contributed by atoms with Gasteiger partial charge < -0.3 is 0 Å². The average molecular weight is 269 g/mol. The van der Waals surface area contributed by atoms with Gasteiger partial charge in [-0.25, -0.2) is 4.21 Å². The van der Waals surface area contributed by atoms with E-state index in [4.69, 9.17) is 4.03 Å². The summed E-state index contributed by atoms with van der Waals surface area (Å²) in [5, 5.41) is 0. The van der Waals surface area contributed by atoms with Crippen molar-refractivity contribution in [2.45, 2.75) is 43.8 Å². The molecule has 4 heteroatoms. The van der Waals surface area contributed by atoms with E-state index >= 15 is 0 Å². The average Bonchev–Trinajstić information content (AvgIpc) is 2.37. The van der Waals surface area contributed by atoms with Gasteiger partial charge in [-0.15, -0.1) is 0 Å². The molecule has 0 saturated heterocycles. The molecule has 0 aliphatic rings. The predicted molar refractivity (Wildman–Crippen MR) is 78.4 cm³/mol. The molecular formula is C13H23NOSSi. The lowest BCUT2D eigenvalue weighted by molar-refractivity contribution is 0.681.